The Balaban J connectivity index is 1.85. The fourth-order valence-electron chi connectivity index (χ4n) is 2.40. The summed E-state index contributed by atoms with van der Waals surface area (Å²) in [7, 11) is 0. The van der Waals surface area contributed by atoms with Crippen molar-refractivity contribution in [1.29, 1.82) is 0 Å². The van der Waals surface area contributed by atoms with Gasteiger partial charge in [-0.2, -0.15) is 11.8 Å². The Kier molecular flexibility index (Phi) is 2.48. The highest BCUT2D eigenvalue weighted by atomic mass is 32.2. The molecule has 0 radical (unpaired) electrons. The number of fused-ring (bicyclic) bond motifs is 1. The van der Waals surface area contributed by atoms with Gasteiger partial charge in [0.1, 0.15) is 5.82 Å². The van der Waals surface area contributed by atoms with Crippen molar-refractivity contribution in [3.05, 3.63) is 17.7 Å². The van der Waals surface area contributed by atoms with Gasteiger partial charge < -0.3 is 9.67 Å². The highest BCUT2D eigenvalue weighted by molar-refractivity contribution is 7.99. The molecule has 15 heavy (non-hydrogen) atoms. The first-order valence-electron chi connectivity index (χ1n) is 5.64. The van der Waals surface area contributed by atoms with Crippen LogP contribution in [0.1, 0.15) is 30.3 Å². The van der Waals surface area contributed by atoms with E-state index in [1.54, 1.807) is 0 Å². The fourth-order valence-corrected chi connectivity index (χ4v) is 3.64. The van der Waals surface area contributed by atoms with E-state index >= 15 is 0 Å². The summed E-state index contributed by atoms with van der Waals surface area (Å²) in [5.74, 6) is 4.24. The lowest BCUT2D eigenvalue weighted by atomic mass is 10.1. The molecule has 0 aliphatic carbocycles. The summed E-state index contributed by atoms with van der Waals surface area (Å²) in [6.07, 6.45) is 4.91. The predicted molar refractivity (Wildman–Crippen MR) is 61.2 cm³/mol. The lowest BCUT2D eigenvalue weighted by molar-refractivity contribution is 0.141. The normalized spacial score (nSPS) is 30.5. The van der Waals surface area contributed by atoms with Crippen LogP contribution in [-0.4, -0.2) is 32.3 Å². The Labute approximate surface area is 93.9 Å². The van der Waals surface area contributed by atoms with Gasteiger partial charge in [-0.1, -0.05) is 0 Å². The van der Waals surface area contributed by atoms with Crippen molar-refractivity contribution in [2.24, 2.45) is 0 Å². The van der Waals surface area contributed by atoms with Crippen LogP contribution in [0.25, 0.3) is 0 Å². The fraction of sp³-hybridized carbons (Fsp3) is 0.727. The summed E-state index contributed by atoms with van der Waals surface area (Å²) in [6.45, 7) is 0.934. The molecule has 2 unspecified atom stereocenters. The highest BCUT2D eigenvalue weighted by Crippen LogP contribution is 2.32. The first kappa shape index (κ1) is 9.73. The quantitative estimate of drug-likeness (QED) is 0.784. The summed E-state index contributed by atoms with van der Waals surface area (Å²) >= 11 is 2.02. The number of nitrogens with zero attached hydrogens (tertiary/aromatic N) is 2. The molecule has 2 atom stereocenters. The molecule has 2 aliphatic rings. The number of aromatic nitrogens is 2. The summed E-state index contributed by atoms with van der Waals surface area (Å²) in [5, 5.41) is 9.57. The van der Waals surface area contributed by atoms with Gasteiger partial charge in [-0.05, 0) is 18.6 Å². The van der Waals surface area contributed by atoms with E-state index in [4.69, 9.17) is 0 Å². The Bertz CT molecular complexity index is 357. The Morgan fingerprint density at radius 3 is 3.20 bits per heavy atom. The minimum absolute atomic E-state index is 0.175. The number of hydrogen-bond donors (Lipinski definition) is 1. The van der Waals surface area contributed by atoms with E-state index in [1.807, 2.05) is 11.8 Å². The molecule has 1 N–H and O–H groups in total. The molecule has 4 heteroatoms. The summed E-state index contributed by atoms with van der Waals surface area (Å²) in [4.78, 5) is 4.67. The van der Waals surface area contributed by atoms with E-state index in [1.165, 1.54) is 23.6 Å². The third-order valence-electron chi connectivity index (χ3n) is 3.35. The van der Waals surface area contributed by atoms with Crippen LogP contribution < -0.4 is 0 Å². The minimum Gasteiger partial charge on any atom is -0.393 e. The van der Waals surface area contributed by atoms with Gasteiger partial charge in [-0.3, -0.25) is 0 Å². The molecule has 82 valence electrons. The van der Waals surface area contributed by atoms with Gasteiger partial charge in [0.25, 0.3) is 0 Å². The van der Waals surface area contributed by atoms with Crippen LogP contribution in [0.3, 0.4) is 0 Å². The van der Waals surface area contributed by atoms with E-state index in [2.05, 4.69) is 15.7 Å². The zero-order valence-electron chi connectivity index (χ0n) is 8.72. The number of thioether (sulfide) groups is 1. The second-order valence-electron chi connectivity index (χ2n) is 4.48. The van der Waals surface area contributed by atoms with Crippen molar-refractivity contribution in [3.63, 3.8) is 0 Å². The van der Waals surface area contributed by atoms with Crippen LogP contribution in [0.2, 0.25) is 0 Å². The van der Waals surface area contributed by atoms with E-state index in [9.17, 15) is 5.11 Å². The van der Waals surface area contributed by atoms with Crippen molar-refractivity contribution >= 4 is 11.8 Å². The standard InChI is InChI=1S/C11H16N2OS/c14-9-1-3-13-6-10(12-11(13)5-9)8-2-4-15-7-8/h6,8-9,14H,1-5,7H2. The number of aryl methyl sites for hydroxylation is 1. The van der Waals surface area contributed by atoms with Crippen LogP contribution >= 0.6 is 11.8 Å². The van der Waals surface area contributed by atoms with E-state index in [0.717, 1.165) is 25.2 Å². The second kappa shape index (κ2) is 3.83. The molecule has 0 aromatic carbocycles. The van der Waals surface area contributed by atoms with E-state index < -0.39 is 0 Å². The lowest BCUT2D eigenvalue weighted by Crippen LogP contribution is -2.22. The number of aliphatic hydroxyl groups excluding tert-OH is 1. The monoisotopic (exact) mass is 224 g/mol. The Hall–Kier alpha value is -0.480. The van der Waals surface area contributed by atoms with Gasteiger partial charge in [-0.25, -0.2) is 4.98 Å². The SMILES string of the molecule is OC1CCn2cc(C3CCSC3)nc2C1. The van der Waals surface area contributed by atoms with Gasteiger partial charge in [0.15, 0.2) is 0 Å². The first-order chi connectivity index (χ1) is 7.33. The third-order valence-corrected chi connectivity index (χ3v) is 4.51. The Morgan fingerprint density at radius 2 is 2.40 bits per heavy atom. The smallest absolute Gasteiger partial charge is 0.111 e. The van der Waals surface area contributed by atoms with Crippen molar-refractivity contribution in [1.82, 2.24) is 9.55 Å². The van der Waals surface area contributed by atoms with Crippen LogP contribution in [0.4, 0.5) is 0 Å². The second-order valence-corrected chi connectivity index (χ2v) is 5.63. The third kappa shape index (κ3) is 1.81. The maximum atomic E-state index is 9.57. The zero-order chi connectivity index (χ0) is 10.3. The predicted octanol–water partition coefficient (Wildman–Crippen LogP) is 1.41. The van der Waals surface area contributed by atoms with Crippen LogP contribution in [-0.2, 0) is 13.0 Å². The molecule has 3 nitrogen and oxygen atoms in total. The van der Waals surface area contributed by atoms with Crippen molar-refractivity contribution < 1.29 is 5.11 Å². The summed E-state index contributed by atoms with van der Waals surface area (Å²) in [6, 6.07) is 0. The molecule has 1 aromatic heterocycles. The molecule has 0 bridgehead atoms. The first-order valence-corrected chi connectivity index (χ1v) is 6.80. The van der Waals surface area contributed by atoms with Crippen molar-refractivity contribution in [3.8, 4) is 0 Å². The number of hydrogen-bond acceptors (Lipinski definition) is 3. The van der Waals surface area contributed by atoms with E-state index in [0.29, 0.717) is 5.92 Å². The molecule has 2 aliphatic heterocycles. The van der Waals surface area contributed by atoms with Gasteiger partial charge in [0.05, 0.1) is 11.8 Å². The topological polar surface area (TPSA) is 38.0 Å². The van der Waals surface area contributed by atoms with E-state index in [-0.39, 0.29) is 6.10 Å². The maximum absolute atomic E-state index is 9.57. The zero-order valence-corrected chi connectivity index (χ0v) is 9.54. The van der Waals surface area contributed by atoms with Crippen LogP contribution in [0.15, 0.2) is 6.20 Å². The number of rotatable bonds is 1. The molecule has 0 saturated carbocycles. The molecule has 1 aromatic rings. The van der Waals surface area contributed by atoms with Crippen LogP contribution in [0, 0.1) is 0 Å². The lowest BCUT2D eigenvalue weighted by Gasteiger charge is -2.18. The average Bonchev–Trinajstić information content (AvgIpc) is 2.84. The Morgan fingerprint density at radius 1 is 1.47 bits per heavy atom. The maximum Gasteiger partial charge on any atom is 0.111 e. The molecular formula is C11H16N2OS. The van der Waals surface area contributed by atoms with Gasteiger partial charge in [0.2, 0.25) is 0 Å². The minimum atomic E-state index is -0.175. The average molecular weight is 224 g/mol. The molecule has 1 saturated heterocycles. The molecule has 1 fully saturated rings. The largest absolute Gasteiger partial charge is 0.393 e. The highest BCUT2D eigenvalue weighted by Gasteiger charge is 2.24. The molecule has 3 heterocycles. The number of aliphatic hydroxyl groups is 1. The van der Waals surface area contributed by atoms with Crippen molar-refractivity contribution in [2.75, 3.05) is 11.5 Å². The van der Waals surface area contributed by atoms with Gasteiger partial charge in [-0.15, -0.1) is 0 Å². The molecule has 0 spiro atoms. The van der Waals surface area contributed by atoms with Gasteiger partial charge in [0, 0.05) is 30.8 Å². The molecular weight excluding hydrogens is 208 g/mol. The number of imidazole rings is 1. The van der Waals surface area contributed by atoms with Crippen molar-refractivity contribution in [2.45, 2.75) is 37.8 Å². The summed E-state index contributed by atoms with van der Waals surface area (Å²) < 4.78 is 2.23. The van der Waals surface area contributed by atoms with Gasteiger partial charge >= 0.3 is 0 Å². The molecule has 3 rings (SSSR count). The summed E-state index contributed by atoms with van der Waals surface area (Å²) in [5.41, 5.74) is 1.25. The molecule has 0 amide bonds. The van der Waals surface area contributed by atoms with Crippen LogP contribution in [0.5, 0.6) is 0 Å².